The quantitative estimate of drug-likeness (QED) is 0.542. The van der Waals surface area contributed by atoms with Crippen LogP contribution in [0.2, 0.25) is 0 Å². The zero-order valence-electron chi connectivity index (χ0n) is 17.4. The summed E-state index contributed by atoms with van der Waals surface area (Å²) >= 11 is 0. The Bertz CT molecular complexity index is 876. The lowest BCUT2D eigenvalue weighted by molar-refractivity contribution is -0.132. The van der Waals surface area contributed by atoms with Gasteiger partial charge in [-0.3, -0.25) is 0 Å². The van der Waals surface area contributed by atoms with E-state index in [1.807, 2.05) is 84.0 Å². The number of aliphatic carboxylic acids is 1. The van der Waals surface area contributed by atoms with Gasteiger partial charge in [-0.05, 0) is 40.2 Å². The number of rotatable bonds is 4. The second kappa shape index (κ2) is 8.01. The van der Waals surface area contributed by atoms with E-state index in [0.717, 1.165) is 16.7 Å². The molecule has 0 aliphatic heterocycles. The molecule has 0 radical (unpaired) electrons. The topological polar surface area (TPSA) is 69.9 Å². The summed E-state index contributed by atoms with van der Waals surface area (Å²) in [6.07, 6.45) is 3.08. The lowest BCUT2D eigenvalue weighted by Gasteiger charge is -2.27. The van der Waals surface area contributed by atoms with Crippen LogP contribution in [-0.2, 0) is 15.6 Å². The Balaban J connectivity index is 2.60. The number of nitrogens with zero attached hydrogens (tertiary/aromatic N) is 1. The number of hydrogen-bond acceptors (Lipinski definition) is 3. The van der Waals surface area contributed by atoms with Gasteiger partial charge in [0.05, 0.1) is 0 Å². The minimum Gasteiger partial charge on any atom is -0.507 e. The number of aliphatic imine (C=N–C) groups is 1. The Kier molecular flexibility index (Phi) is 6.13. The Morgan fingerprint density at radius 1 is 0.893 bits per heavy atom. The average molecular weight is 380 g/mol. The second-order valence-corrected chi connectivity index (χ2v) is 8.97. The molecule has 0 aromatic heterocycles. The van der Waals surface area contributed by atoms with Gasteiger partial charge in [-0.25, -0.2) is 9.79 Å². The van der Waals surface area contributed by atoms with Crippen molar-refractivity contribution in [1.29, 1.82) is 0 Å². The van der Waals surface area contributed by atoms with Crippen LogP contribution in [0.25, 0.3) is 6.08 Å². The molecule has 2 N–H and O–H groups in total. The fourth-order valence-electron chi connectivity index (χ4n) is 2.88. The minimum atomic E-state index is -1.10. The summed E-state index contributed by atoms with van der Waals surface area (Å²) in [6, 6.07) is 13.0. The number of benzene rings is 2. The molecule has 0 heterocycles. The van der Waals surface area contributed by atoms with Crippen LogP contribution in [0.4, 0.5) is 0 Å². The third-order valence-corrected chi connectivity index (χ3v) is 4.42. The molecule has 2 rings (SSSR count). The zero-order valence-corrected chi connectivity index (χ0v) is 17.4. The summed E-state index contributed by atoms with van der Waals surface area (Å²) < 4.78 is 0. The van der Waals surface area contributed by atoms with Gasteiger partial charge in [0.2, 0.25) is 0 Å². The van der Waals surface area contributed by atoms with Crippen molar-refractivity contribution in [3.63, 3.8) is 0 Å². The predicted octanol–water partition coefficient (Wildman–Crippen LogP) is 5.53. The van der Waals surface area contributed by atoms with Crippen molar-refractivity contribution >= 4 is 18.3 Å². The monoisotopic (exact) mass is 379 g/mol. The highest BCUT2D eigenvalue weighted by Gasteiger charge is 2.26. The van der Waals surface area contributed by atoms with Crippen molar-refractivity contribution in [2.24, 2.45) is 4.99 Å². The van der Waals surface area contributed by atoms with E-state index in [-0.39, 0.29) is 22.3 Å². The zero-order chi connectivity index (χ0) is 21.1. The molecule has 0 atom stereocenters. The highest BCUT2D eigenvalue weighted by molar-refractivity contribution is 5.95. The normalized spacial score (nSPS) is 13.1. The van der Waals surface area contributed by atoms with E-state index < -0.39 is 5.97 Å². The molecule has 28 heavy (non-hydrogen) atoms. The standard InChI is InChI=1S/C24H29NO3/c1-23(2,3)18-12-17(13-19(21(18)26)24(4,5)6)14-20(22(27)28)25-15-16-10-8-7-9-11-16/h7-15,26H,1-6H3,(H,27,28)/b20-14-,25-15?. The molecule has 0 spiro atoms. The lowest BCUT2D eigenvalue weighted by atomic mass is 9.78. The Hall–Kier alpha value is -2.88. The number of aromatic hydroxyl groups is 1. The molecule has 4 heteroatoms. The SMILES string of the molecule is CC(C)(C)c1cc(/C=C(\N=Cc2ccccc2)C(=O)O)cc(C(C)(C)C)c1O. The summed E-state index contributed by atoms with van der Waals surface area (Å²) in [5.74, 6) is -0.836. The molecule has 0 aliphatic carbocycles. The molecule has 0 saturated carbocycles. The molecule has 0 amide bonds. The average Bonchev–Trinajstić information content (AvgIpc) is 2.58. The van der Waals surface area contributed by atoms with Gasteiger partial charge in [-0.1, -0.05) is 71.9 Å². The van der Waals surface area contributed by atoms with Gasteiger partial charge in [0.1, 0.15) is 11.4 Å². The van der Waals surface area contributed by atoms with Crippen LogP contribution >= 0.6 is 0 Å². The molecule has 0 bridgehead atoms. The first-order valence-electron chi connectivity index (χ1n) is 9.31. The van der Waals surface area contributed by atoms with E-state index in [4.69, 9.17) is 0 Å². The van der Waals surface area contributed by atoms with Gasteiger partial charge < -0.3 is 10.2 Å². The maximum absolute atomic E-state index is 11.7. The molecule has 2 aromatic rings. The van der Waals surface area contributed by atoms with Gasteiger partial charge >= 0.3 is 5.97 Å². The van der Waals surface area contributed by atoms with Crippen molar-refractivity contribution in [2.75, 3.05) is 0 Å². The third kappa shape index (κ3) is 5.32. The molecule has 0 unspecified atom stereocenters. The van der Waals surface area contributed by atoms with E-state index in [2.05, 4.69) is 4.99 Å². The highest BCUT2D eigenvalue weighted by atomic mass is 16.4. The smallest absolute Gasteiger partial charge is 0.354 e. The van der Waals surface area contributed by atoms with Gasteiger partial charge in [0.25, 0.3) is 0 Å². The Morgan fingerprint density at radius 2 is 1.39 bits per heavy atom. The number of carboxylic acid groups (broad SMARTS) is 1. The van der Waals surface area contributed by atoms with E-state index in [9.17, 15) is 15.0 Å². The second-order valence-electron chi connectivity index (χ2n) is 8.97. The van der Waals surface area contributed by atoms with E-state index >= 15 is 0 Å². The summed E-state index contributed by atoms with van der Waals surface area (Å²) in [5, 5.41) is 20.4. The van der Waals surface area contributed by atoms with E-state index in [1.54, 1.807) is 6.08 Å². The lowest BCUT2D eigenvalue weighted by Crippen LogP contribution is -2.17. The fourth-order valence-corrected chi connectivity index (χ4v) is 2.88. The molecular weight excluding hydrogens is 350 g/mol. The third-order valence-electron chi connectivity index (χ3n) is 4.42. The van der Waals surface area contributed by atoms with E-state index in [1.165, 1.54) is 6.21 Å². The minimum absolute atomic E-state index is 0.0609. The van der Waals surface area contributed by atoms with Gasteiger partial charge in [0.15, 0.2) is 0 Å². The van der Waals surface area contributed by atoms with Gasteiger partial charge in [-0.2, -0.15) is 0 Å². The first-order valence-corrected chi connectivity index (χ1v) is 9.31. The maximum atomic E-state index is 11.7. The van der Waals surface area contributed by atoms with Crippen molar-refractivity contribution < 1.29 is 15.0 Å². The number of carboxylic acids is 1. The van der Waals surface area contributed by atoms with Crippen LogP contribution < -0.4 is 0 Å². The number of carbonyl (C=O) groups is 1. The van der Waals surface area contributed by atoms with E-state index in [0.29, 0.717) is 5.56 Å². The summed E-state index contributed by atoms with van der Waals surface area (Å²) in [7, 11) is 0. The van der Waals surface area contributed by atoms with Crippen LogP contribution in [0.3, 0.4) is 0 Å². The summed E-state index contributed by atoms with van der Waals surface area (Å²) in [6.45, 7) is 12.1. The highest BCUT2D eigenvalue weighted by Crippen LogP contribution is 2.40. The molecule has 4 nitrogen and oxygen atoms in total. The first-order chi connectivity index (χ1) is 12.9. The van der Waals surface area contributed by atoms with Gasteiger partial charge in [-0.15, -0.1) is 0 Å². The van der Waals surface area contributed by atoms with Crippen LogP contribution in [0.15, 0.2) is 53.2 Å². The van der Waals surface area contributed by atoms with Crippen molar-refractivity contribution in [2.45, 2.75) is 52.4 Å². The predicted molar refractivity (Wildman–Crippen MR) is 115 cm³/mol. The number of phenolic OH excluding ortho intramolecular Hbond substituents is 1. The largest absolute Gasteiger partial charge is 0.507 e. The van der Waals surface area contributed by atoms with Crippen molar-refractivity contribution in [3.8, 4) is 5.75 Å². The molecular formula is C24H29NO3. The molecule has 0 aliphatic rings. The summed E-state index contributed by atoms with van der Waals surface area (Å²) in [5.41, 5.74) is 2.46. The molecule has 148 valence electrons. The summed E-state index contributed by atoms with van der Waals surface area (Å²) in [4.78, 5) is 15.9. The van der Waals surface area contributed by atoms with Crippen LogP contribution in [0.1, 0.15) is 63.8 Å². The first kappa shape index (κ1) is 21.4. The molecule has 0 saturated heterocycles. The molecule has 0 fully saturated rings. The van der Waals surface area contributed by atoms with Crippen molar-refractivity contribution in [1.82, 2.24) is 0 Å². The van der Waals surface area contributed by atoms with Crippen LogP contribution in [0, 0.1) is 0 Å². The Morgan fingerprint density at radius 3 is 1.82 bits per heavy atom. The number of phenols is 1. The molecule has 2 aromatic carbocycles. The van der Waals surface area contributed by atoms with Crippen LogP contribution in [-0.4, -0.2) is 22.4 Å². The fraction of sp³-hybridized carbons (Fsp3) is 0.333. The van der Waals surface area contributed by atoms with Crippen molar-refractivity contribution in [3.05, 3.63) is 70.4 Å². The Labute approximate surface area is 167 Å². The van der Waals surface area contributed by atoms with Gasteiger partial charge in [0, 0.05) is 17.3 Å². The van der Waals surface area contributed by atoms with Crippen LogP contribution in [0.5, 0.6) is 5.75 Å². The number of hydrogen-bond donors (Lipinski definition) is 2. The maximum Gasteiger partial charge on any atom is 0.354 e.